The largest absolute Gasteiger partial charge is 0.462 e. The molecule has 3 nitrogen and oxygen atoms in total. The maximum Gasteiger partial charge on any atom is 0.129 e. The Morgan fingerprint density at radius 1 is 1.41 bits per heavy atom. The second-order valence-corrected chi connectivity index (χ2v) is 4.62. The van der Waals surface area contributed by atoms with Crippen LogP contribution in [0.25, 0.3) is 0 Å². The summed E-state index contributed by atoms with van der Waals surface area (Å²) in [6.07, 6.45) is 3.74. The Morgan fingerprint density at radius 3 is 2.76 bits per heavy atom. The summed E-state index contributed by atoms with van der Waals surface area (Å²) >= 11 is 0. The van der Waals surface area contributed by atoms with Gasteiger partial charge in [0, 0.05) is 7.11 Å². The van der Waals surface area contributed by atoms with E-state index in [1.54, 1.807) is 7.11 Å². The molecule has 0 saturated carbocycles. The highest BCUT2D eigenvalue weighted by Crippen LogP contribution is 2.27. The van der Waals surface area contributed by atoms with Gasteiger partial charge < -0.3 is 14.5 Å². The minimum atomic E-state index is 0.298. The van der Waals surface area contributed by atoms with Gasteiger partial charge in [-0.15, -0.1) is 0 Å². The Kier molecular flexibility index (Phi) is 6.30. The van der Waals surface area contributed by atoms with Crippen LogP contribution in [0, 0.1) is 5.92 Å². The number of rotatable bonds is 8. The van der Waals surface area contributed by atoms with E-state index < -0.39 is 0 Å². The second-order valence-electron chi connectivity index (χ2n) is 4.62. The van der Waals surface area contributed by atoms with Crippen LogP contribution in [-0.4, -0.2) is 14.2 Å². The van der Waals surface area contributed by atoms with Crippen molar-refractivity contribution >= 4 is 0 Å². The monoisotopic (exact) mass is 239 g/mol. The van der Waals surface area contributed by atoms with Crippen LogP contribution in [0.5, 0.6) is 0 Å². The topological polar surface area (TPSA) is 34.4 Å². The van der Waals surface area contributed by atoms with Gasteiger partial charge in [-0.3, -0.25) is 0 Å². The lowest BCUT2D eigenvalue weighted by atomic mass is 9.94. The maximum atomic E-state index is 5.79. The van der Waals surface area contributed by atoms with Gasteiger partial charge >= 0.3 is 0 Å². The van der Waals surface area contributed by atoms with Gasteiger partial charge in [0.1, 0.15) is 18.1 Å². The number of hydrogen-bond acceptors (Lipinski definition) is 3. The van der Waals surface area contributed by atoms with Gasteiger partial charge in [-0.2, -0.15) is 0 Å². The van der Waals surface area contributed by atoms with Crippen LogP contribution in [0.2, 0.25) is 0 Å². The first kappa shape index (κ1) is 14.3. The Labute approximate surface area is 105 Å². The number of methoxy groups -OCH3 is 1. The zero-order chi connectivity index (χ0) is 12.7. The molecule has 17 heavy (non-hydrogen) atoms. The summed E-state index contributed by atoms with van der Waals surface area (Å²) in [5.41, 5.74) is 0. The van der Waals surface area contributed by atoms with Crippen LogP contribution < -0.4 is 5.32 Å². The predicted molar refractivity (Wildman–Crippen MR) is 69.9 cm³/mol. The highest BCUT2D eigenvalue weighted by atomic mass is 16.5. The van der Waals surface area contributed by atoms with Crippen molar-refractivity contribution in [2.45, 2.75) is 45.8 Å². The van der Waals surface area contributed by atoms with E-state index >= 15 is 0 Å². The standard InChI is InChI=1S/C14H25NO2/c1-5-6-7-11(2)14(15-3)13-9-8-12(17-13)10-16-4/h8-9,11,14-15H,5-7,10H2,1-4H3. The first-order valence-corrected chi connectivity index (χ1v) is 6.47. The smallest absolute Gasteiger partial charge is 0.129 e. The van der Waals surface area contributed by atoms with Gasteiger partial charge in [-0.1, -0.05) is 26.7 Å². The first-order chi connectivity index (χ1) is 8.22. The fourth-order valence-electron chi connectivity index (χ4n) is 2.18. The number of unbranched alkanes of at least 4 members (excludes halogenated alkanes) is 1. The molecule has 1 aromatic rings. The van der Waals surface area contributed by atoms with Crippen LogP contribution in [0.1, 0.15) is 50.7 Å². The van der Waals surface area contributed by atoms with E-state index in [0.29, 0.717) is 18.6 Å². The fourth-order valence-corrected chi connectivity index (χ4v) is 2.18. The molecule has 1 aromatic heterocycles. The van der Waals surface area contributed by atoms with Crippen molar-refractivity contribution in [2.75, 3.05) is 14.2 Å². The Morgan fingerprint density at radius 2 is 2.18 bits per heavy atom. The molecule has 0 aliphatic rings. The molecule has 2 unspecified atom stereocenters. The summed E-state index contributed by atoms with van der Waals surface area (Å²) in [5, 5.41) is 3.35. The highest BCUT2D eigenvalue weighted by molar-refractivity contribution is 5.11. The van der Waals surface area contributed by atoms with Gasteiger partial charge in [0.05, 0.1) is 6.04 Å². The van der Waals surface area contributed by atoms with Crippen LogP contribution in [0.15, 0.2) is 16.5 Å². The van der Waals surface area contributed by atoms with Crippen LogP contribution >= 0.6 is 0 Å². The lowest BCUT2D eigenvalue weighted by Crippen LogP contribution is -2.23. The number of nitrogens with one attached hydrogen (secondary N) is 1. The molecule has 1 rings (SSSR count). The molecular weight excluding hydrogens is 214 g/mol. The molecule has 0 aliphatic carbocycles. The van der Waals surface area contributed by atoms with E-state index in [4.69, 9.17) is 9.15 Å². The molecule has 0 fully saturated rings. The van der Waals surface area contributed by atoms with Crippen molar-refractivity contribution in [2.24, 2.45) is 5.92 Å². The quantitative estimate of drug-likeness (QED) is 0.753. The molecule has 1 N–H and O–H groups in total. The molecule has 0 spiro atoms. The third-order valence-corrected chi connectivity index (χ3v) is 3.17. The average molecular weight is 239 g/mol. The minimum Gasteiger partial charge on any atom is -0.462 e. The second kappa shape index (κ2) is 7.51. The Hall–Kier alpha value is -0.800. The predicted octanol–water partition coefficient (Wildman–Crippen LogP) is 3.51. The molecule has 0 amide bonds. The van der Waals surface area contributed by atoms with Gasteiger partial charge in [0.2, 0.25) is 0 Å². The van der Waals surface area contributed by atoms with Crippen molar-refractivity contribution in [3.63, 3.8) is 0 Å². The van der Waals surface area contributed by atoms with Crippen molar-refractivity contribution in [1.82, 2.24) is 5.32 Å². The molecule has 0 aliphatic heterocycles. The van der Waals surface area contributed by atoms with Gasteiger partial charge in [-0.25, -0.2) is 0 Å². The third kappa shape index (κ3) is 4.17. The number of ether oxygens (including phenoxy) is 1. The summed E-state index contributed by atoms with van der Waals surface area (Å²) in [4.78, 5) is 0. The summed E-state index contributed by atoms with van der Waals surface area (Å²) < 4.78 is 10.9. The van der Waals surface area contributed by atoms with Crippen molar-refractivity contribution < 1.29 is 9.15 Å². The molecule has 98 valence electrons. The zero-order valence-corrected chi connectivity index (χ0v) is 11.5. The Balaban J connectivity index is 2.64. The lowest BCUT2D eigenvalue weighted by molar-refractivity contribution is 0.160. The van der Waals surface area contributed by atoms with Crippen LogP contribution in [-0.2, 0) is 11.3 Å². The Bertz CT molecular complexity index is 309. The first-order valence-electron chi connectivity index (χ1n) is 6.47. The average Bonchev–Trinajstić information content (AvgIpc) is 2.76. The van der Waals surface area contributed by atoms with Crippen LogP contribution in [0.3, 0.4) is 0 Å². The summed E-state index contributed by atoms with van der Waals surface area (Å²) in [7, 11) is 3.67. The number of hydrogen-bond donors (Lipinski definition) is 1. The molecule has 0 bridgehead atoms. The summed E-state index contributed by atoms with van der Waals surface area (Å²) in [6, 6.07) is 4.35. The third-order valence-electron chi connectivity index (χ3n) is 3.17. The highest BCUT2D eigenvalue weighted by Gasteiger charge is 2.20. The fraction of sp³-hybridized carbons (Fsp3) is 0.714. The molecular formula is C14H25NO2. The molecule has 0 aromatic carbocycles. The van der Waals surface area contributed by atoms with E-state index in [9.17, 15) is 0 Å². The van der Waals surface area contributed by atoms with Gasteiger partial charge in [0.25, 0.3) is 0 Å². The molecule has 1 heterocycles. The van der Waals surface area contributed by atoms with E-state index in [2.05, 4.69) is 25.2 Å². The number of furan rings is 1. The van der Waals surface area contributed by atoms with E-state index in [0.717, 1.165) is 11.5 Å². The summed E-state index contributed by atoms with van der Waals surface area (Å²) in [6.45, 7) is 5.04. The zero-order valence-electron chi connectivity index (χ0n) is 11.5. The van der Waals surface area contributed by atoms with E-state index in [1.807, 2.05) is 13.1 Å². The van der Waals surface area contributed by atoms with Crippen molar-refractivity contribution in [3.05, 3.63) is 23.7 Å². The molecule has 3 heteroatoms. The van der Waals surface area contributed by atoms with Gasteiger partial charge in [0.15, 0.2) is 0 Å². The van der Waals surface area contributed by atoms with Crippen LogP contribution in [0.4, 0.5) is 0 Å². The summed E-state index contributed by atoms with van der Waals surface area (Å²) in [5.74, 6) is 2.50. The molecule has 0 radical (unpaired) electrons. The SMILES string of the molecule is CCCCC(C)C(NC)c1ccc(COC)o1. The maximum absolute atomic E-state index is 5.79. The van der Waals surface area contributed by atoms with E-state index in [1.165, 1.54) is 19.3 Å². The van der Waals surface area contributed by atoms with Crippen molar-refractivity contribution in [3.8, 4) is 0 Å². The lowest BCUT2D eigenvalue weighted by Gasteiger charge is -2.21. The van der Waals surface area contributed by atoms with E-state index in [-0.39, 0.29) is 0 Å². The molecule has 2 atom stereocenters. The van der Waals surface area contributed by atoms with Gasteiger partial charge in [-0.05, 0) is 31.5 Å². The molecule has 0 saturated heterocycles. The minimum absolute atomic E-state index is 0.298. The van der Waals surface area contributed by atoms with Crippen molar-refractivity contribution in [1.29, 1.82) is 0 Å². The normalized spacial score (nSPS) is 14.8.